The molecule has 0 radical (unpaired) electrons. The lowest BCUT2D eigenvalue weighted by atomic mass is 10.3. The Labute approximate surface area is 153 Å². The first-order chi connectivity index (χ1) is 12.0. The van der Waals surface area contributed by atoms with Crippen molar-refractivity contribution in [3.05, 3.63) is 34.1 Å². The number of hydrogen-bond acceptors (Lipinski definition) is 8. The maximum absolute atomic E-state index is 12.2. The van der Waals surface area contributed by atoms with Gasteiger partial charge in [0.1, 0.15) is 27.5 Å². The van der Waals surface area contributed by atoms with Crippen LogP contribution in [0, 0.1) is 25.2 Å². The number of anilines is 1. The second-order valence-corrected chi connectivity index (χ2v) is 6.75. The minimum absolute atomic E-state index is 0.0603. The minimum atomic E-state index is -0.472. The van der Waals surface area contributed by atoms with Crippen LogP contribution >= 0.6 is 23.1 Å². The molecule has 0 aliphatic rings. The smallest absolute Gasteiger partial charge is 0.341 e. The van der Waals surface area contributed by atoms with Crippen molar-refractivity contribution in [2.24, 2.45) is 0 Å². The molecule has 1 amide bonds. The van der Waals surface area contributed by atoms with E-state index in [1.807, 2.05) is 0 Å². The Hall–Kier alpha value is -2.44. The number of carbonyl (C=O) groups is 2. The average Bonchev–Trinajstić information content (AvgIpc) is 3.01. The van der Waals surface area contributed by atoms with E-state index < -0.39 is 5.97 Å². The lowest BCUT2D eigenvalue weighted by Crippen LogP contribution is -2.16. The van der Waals surface area contributed by atoms with E-state index >= 15 is 0 Å². The fourth-order valence-electron chi connectivity index (χ4n) is 1.99. The summed E-state index contributed by atoms with van der Waals surface area (Å²) in [6.45, 7) is 5.45. The van der Waals surface area contributed by atoms with Crippen molar-refractivity contribution in [3.63, 3.8) is 0 Å². The largest absolute Gasteiger partial charge is 0.462 e. The molecule has 2 aromatic rings. The molecule has 0 aromatic carbocycles. The van der Waals surface area contributed by atoms with Crippen LogP contribution in [0.15, 0.2) is 16.5 Å². The molecule has 0 aliphatic heterocycles. The monoisotopic (exact) mass is 376 g/mol. The zero-order chi connectivity index (χ0) is 18.4. The fourth-order valence-corrected chi connectivity index (χ4v) is 3.65. The Bertz CT molecular complexity index is 842. The summed E-state index contributed by atoms with van der Waals surface area (Å²) in [4.78, 5) is 32.4. The third-order valence-electron chi connectivity index (χ3n) is 3.03. The van der Waals surface area contributed by atoms with Gasteiger partial charge >= 0.3 is 5.97 Å². The van der Waals surface area contributed by atoms with Gasteiger partial charge in [0.15, 0.2) is 0 Å². The Morgan fingerprint density at radius 3 is 2.84 bits per heavy atom. The van der Waals surface area contributed by atoms with Gasteiger partial charge in [-0.2, -0.15) is 5.26 Å². The van der Waals surface area contributed by atoms with Crippen molar-refractivity contribution in [1.29, 1.82) is 5.26 Å². The highest BCUT2D eigenvalue weighted by Crippen LogP contribution is 2.26. The summed E-state index contributed by atoms with van der Waals surface area (Å²) in [7, 11) is 0. The number of aryl methyl sites for hydroxylation is 2. The van der Waals surface area contributed by atoms with Crippen molar-refractivity contribution >= 4 is 40.0 Å². The number of thioether (sulfide) groups is 1. The molecule has 2 heterocycles. The van der Waals surface area contributed by atoms with Crippen LogP contribution in [0.4, 0.5) is 5.00 Å². The number of ether oxygens (including phenoxy) is 1. The Morgan fingerprint density at radius 1 is 1.40 bits per heavy atom. The highest BCUT2D eigenvalue weighted by Gasteiger charge is 2.17. The van der Waals surface area contributed by atoms with E-state index in [2.05, 4.69) is 21.4 Å². The number of amides is 1. The molecular weight excluding hydrogens is 360 g/mol. The van der Waals surface area contributed by atoms with Gasteiger partial charge in [0.2, 0.25) is 5.91 Å². The Balaban J connectivity index is 2.05. The summed E-state index contributed by atoms with van der Waals surface area (Å²) >= 11 is 2.40. The number of nitriles is 1. The molecule has 0 unspecified atom stereocenters. The Morgan fingerprint density at radius 2 is 2.16 bits per heavy atom. The van der Waals surface area contributed by atoms with Gasteiger partial charge < -0.3 is 10.1 Å². The quantitative estimate of drug-likeness (QED) is 0.469. The van der Waals surface area contributed by atoms with E-state index in [0.29, 0.717) is 32.7 Å². The van der Waals surface area contributed by atoms with Gasteiger partial charge in [-0.25, -0.2) is 14.8 Å². The number of nitrogens with one attached hydrogen (secondary N) is 1. The van der Waals surface area contributed by atoms with E-state index in [4.69, 9.17) is 4.74 Å². The number of esters is 1. The van der Waals surface area contributed by atoms with Crippen LogP contribution in [0.25, 0.3) is 0 Å². The van der Waals surface area contributed by atoms with Crippen molar-refractivity contribution in [1.82, 2.24) is 9.97 Å². The van der Waals surface area contributed by atoms with Crippen LogP contribution in [0.2, 0.25) is 0 Å². The predicted molar refractivity (Wildman–Crippen MR) is 95.9 cm³/mol. The van der Waals surface area contributed by atoms with Gasteiger partial charge in [-0.15, -0.1) is 11.3 Å². The first kappa shape index (κ1) is 18.9. The fraction of sp³-hybridized carbons (Fsp3) is 0.312. The number of carbonyl (C=O) groups excluding carboxylic acids is 2. The molecule has 1 N–H and O–H groups in total. The summed E-state index contributed by atoms with van der Waals surface area (Å²) in [5, 5.41) is 14.5. The van der Waals surface area contributed by atoms with Crippen molar-refractivity contribution in [2.75, 3.05) is 17.7 Å². The second-order valence-electron chi connectivity index (χ2n) is 4.87. The van der Waals surface area contributed by atoms with Gasteiger partial charge in [0.25, 0.3) is 0 Å². The van der Waals surface area contributed by atoms with Crippen molar-refractivity contribution in [2.45, 2.75) is 25.8 Å². The molecule has 0 atom stereocenters. The zero-order valence-electron chi connectivity index (χ0n) is 14.0. The SMILES string of the molecule is CCOC(=O)c1ccsc1NC(=O)CSc1nc(C)nc(C)c1C#N. The summed E-state index contributed by atoms with van der Waals surface area (Å²) in [6.07, 6.45) is 0. The van der Waals surface area contributed by atoms with Gasteiger partial charge in [-0.3, -0.25) is 4.79 Å². The third kappa shape index (κ3) is 4.78. The molecule has 0 bridgehead atoms. The Kier molecular flexibility index (Phi) is 6.50. The first-order valence-corrected chi connectivity index (χ1v) is 9.25. The van der Waals surface area contributed by atoms with E-state index in [0.717, 1.165) is 11.8 Å². The van der Waals surface area contributed by atoms with Crippen LogP contribution in [-0.4, -0.2) is 34.2 Å². The summed E-state index contributed by atoms with van der Waals surface area (Å²) in [5.74, 6) is -0.163. The van der Waals surface area contributed by atoms with Gasteiger partial charge in [-0.05, 0) is 32.2 Å². The van der Waals surface area contributed by atoms with E-state index in [1.165, 1.54) is 11.3 Å². The predicted octanol–water partition coefficient (Wildman–Crippen LogP) is 2.93. The average molecular weight is 376 g/mol. The molecular formula is C16H16N4O3S2. The maximum atomic E-state index is 12.2. The second kappa shape index (κ2) is 8.60. The lowest BCUT2D eigenvalue weighted by Gasteiger charge is -2.08. The van der Waals surface area contributed by atoms with Crippen LogP contribution in [0.1, 0.15) is 34.4 Å². The molecule has 0 saturated heterocycles. The molecule has 25 heavy (non-hydrogen) atoms. The molecule has 0 saturated carbocycles. The minimum Gasteiger partial charge on any atom is -0.462 e. The zero-order valence-corrected chi connectivity index (χ0v) is 15.6. The van der Waals surface area contributed by atoms with Crippen LogP contribution < -0.4 is 5.32 Å². The topological polar surface area (TPSA) is 105 Å². The third-order valence-corrected chi connectivity index (χ3v) is 4.84. The van der Waals surface area contributed by atoms with E-state index in [9.17, 15) is 14.9 Å². The highest BCUT2D eigenvalue weighted by atomic mass is 32.2. The summed E-state index contributed by atoms with van der Waals surface area (Å²) < 4.78 is 4.95. The first-order valence-electron chi connectivity index (χ1n) is 7.38. The van der Waals surface area contributed by atoms with Gasteiger partial charge in [-0.1, -0.05) is 11.8 Å². The molecule has 0 aliphatic carbocycles. The number of aromatic nitrogens is 2. The normalized spacial score (nSPS) is 10.2. The van der Waals surface area contributed by atoms with E-state index in [1.54, 1.807) is 32.2 Å². The highest BCUT2D eigenvalue weighted by molar-refractivity contribution is 8.00. The van der Waals surface area contributed by atoms with E-state index in [-0.39, 0.29) is 18.3 Å². The summed E-state index contributed by atoms with van der Waals surface area (Å²) in [6, 6.07) is 3.67. The molecule has 130 valence electrons. The standard InChI is InChI=1S/C16H16N4O3S2/c1-4-23-16(22)11-5-6-24-14(11)20-13(21)8-25-15-12(7-17)9(2)18-10(3)19-15/h5-6H,4,8H2,1-3H3,(H,20,21). The van der Waals surface area contributed by atoms with Gasteiger partial charge in [0.05, 0.1) is 23.6 Å². The number of thiophene rings is 1. The lowest BCUT2D eigenvalue weighted by molar-refractivity contribution is -0.113. The molecule has 2 rings (SSSR count). The molecule has 0 fully saturated rings. The number of hydrogen-bond donors (Lipinski definition) is 1. The molecule has 9 heteroatoms. The number of nitrogens with zero attached hydrogens (tertiary/aromatic N) is 3. The maximum Gasteiger partial charge on any atom is 0.341 e. The molecule has 7 nitrogen and oxygen atoms in total. The molecule has 0 spiro atoms. The van der Waals surface area contributed by atoms with Crippen molar-refractivity contribution in [3.8, 4) is 6.07 Å². The van der Waals surface area contributed by atoms with Crippen LogP contribution in [0.5, 0.6) is 0 Å². The van der Waals surface area contributed by atoms with Crippen LogP contribution in [0.3, 0.4) is 0 Å². The number of rotatable bonds is 6. The van der Waals surface area contributed by atoms with Crippen LogP contribution in [-0.2, 0) is 9.53 Å². The van der Waals surface area contributed by atoms with Crippen molar-refractivity contribution < 1.29 is 14.3 Å². The summed E-state index contributed by atoms with van der Waals surface area (Å²) in [5.41, 5.74) is 1.28. The van der Waals surface area contributed by atoms with Gasteiger partial charge in [0, 0.05) is 0 Å². The molecule has 2 aromatic heterocycles.